The minimum atomic E-state index is 0.278. The molecule has 1 aliphatic rings. The largest absolute Gasteiger partial charge is 0.379 e. The smallest absolute Gasteiger partial charge is 0.104 e. The maximum atomic E-state index is 5.04. The highest BCUT2D eigenvalue weighted by atomic mass is 16.7. The van der Waals surface area contributed by atoms with Crippen molar-refractivity contribution in [2.75, 3.05) is 20.3 Å². The van der Waals surface area contributed by atoms with Gasteiger partial charge in [-0.05, 0) is 0 Å². The highest BCUT2D eigenvalue weighted by Gasteiger charge is 2.14. The van der Waals surface area contributed by atoms with Gasteiger partial charge < -0.3 is 4.74 Å². The van der Waals surface area contributed by atoms with E-state index in [4.69, 9.17) is 9.57 Å². The Hall–Kier alpha value is -0.120. The third-order valence-electron chi connectivity index (χ3n) is 1.17. The van der Waals surface area contributed by atoms with Crippen LogP contribution in [0.2, 0.25) is 0 Å². The molecule has 0 radical (unpaired) electrons. The Morgan fingerprint density at radius 3 is 3.12 bits per heavy atom. The molecule has 0 saturated carbocycles. The molecule has 1 aliphatic heterocycles. The first-order chi connectivity index (χ1) is 3.93. The van der Waals surface area contributed by atoms with E-state index in [1.807, 2.05) is 0 Å². The summed E-state index contributed by atoms with van der Waals surface area (Å²) in [4.78, 5) is 5.03. The molecule has 1 fully saturated rings. The van der Waals surface area contributed by atoms with Gasteiger partial charge in [0, 0.05) is 20.1 Å². The van der Waals surface area contributed by atoms with Gasteiger partial charge in [0.1, 0.15) is 6.10 Å². The Labute approximate surface area is 48.9 Å². The molecular formula is C5H11NO2. The van der Waals surface area contributed by atoms with E-state index in [9.17, 15) is 0 Å². The third-order valence-corrected chi connectivity index (χ3v) is 1.17. The van der Waals surface area contributed by atoms with Crippen molar-refractivity contribution in [1.82, 2.24) is 5.48 Å². The van der Waals surface area contributed by atoms with Gasteiger partial charge in [0.05, 0.1) is 6.61 Å². The van der Waals surface area contributed by atoms with Crippen LogP contribution in [0.5, 0.6) is 0 Å². The molecule has 0 aromatic heterocycles. The summed E-state index contributed by atoms with van der Waals surface area (Å²) in [7, 11) is 1.76. The normalized spacial score (nSPS) is 28.9. The first-order valence-electron chi connectivity index (χ1n) is 2.83. The fourth-order valence-corrected chi connectivity index (χ4v) is 0.773. The quantitative estimate of drug-likeness (QED) is 0.513. The Balaban J connectivity index is 2.06. The highest BCUT2D eigenvalue weighted by molar-refractivity contribution is 4.60. The van der Waals surface area contributed by atoms with E-state index in [0.29, 0.717) is 0 Å². The lowest BCUT2D eigenvalue weighted by Crippen LogP contribution is -2.20. The molecule has 0 bridgehead atoms. The molecule has 3 heteroatoms. The van der Waals surface area contributed by atoms with Crippen molar-refractivity contribution in [2.45, 2.75) is 12.5 Å². The van der Waals surface area contributed by atoms with Gasteiger partial charge in [0.2, 0.25) is 0 Å². The summed E-state index contributed by atoms with van der Waals surface area (Å²) in [5.74, 6) is 0. The molecule has 8 heavy (non-hydrogen) atoms. The predicted octanol–water partition coefficient (Wildman–Crippen LogP) is -0.0737. The monoisotopic (exact) mass is 117 g/mol. The number of hydroxylamine groups is 1. The van der Waals surface area contributed by atoms with Crippen LogP contribution in [0.3, 0.4) is 0 Å². The summed E-state index contributed by atoms with van der Waals surface area (Å²) < 4.78 is 5.04. The van der Waals surface area contributed by atoms with Crippen LogP contribution in [0.25, 0.3) is 0 Å². The second kappa shape index (κ2) is 3.02. The molecule has 0 amide bonds. The Morgan fingerprint density at radius 2 is 2.62 bits per heavy atom. The van der Waals surface area contributed by atoms with Crippen molar-refractivity contribution in [1.29, 1.82) is 0 Å². The van der Waals surface area contributed by atoms with Crippen LogP contribution >= 0.6 is 0 Å². The number of ether oxygens (including phenoxy) is 1. The molecule has 3 nitrogen and oxygen atoms in total. The standard InChI is InChI=1S/C5H11NO2/c1-6-8-5-2-3-7-4-5/h5-6H,2-4H2,1H3/t5-/m1/s1. The molecule has 0 aliphatic carbocycles. The van der Waals surface area contributed by atoms with Gasteiger partial charge in [-0.2, -0.15) is 0 Å². The molecule has 1 saturated heterocycles. The SMILES string of the molecule is CNO[C@@H]1CCOC1. The van der Waals surface area contributed by atoms with Gasteiger partial charge in [-0.15, -0.1) is 0 Å². The van der Waals surface area contributed by atoms with E-state index in [-0.39, 0.29) is 6.10 Å². The number of rotatable bonds is 2. The third kappa shape index (κ3) is 1.43. The van der Waals surface area contributed by atoms with E-state index in [1.165, 1.54) is 0 Å². The van der Waals surface area contributed by atoms with Crippen LogP contribution in [-0.4, -0.2) is 26.4 Å². The summed E-state index contributed by atoms with van der Waals surface area (Å²) in [6.45, 7) is 1.58. The van der Waals surface area contributed by atoms with Crippen LogP contribution in [0.15, 0.2) is 0 Å². The molecular weight excluding hydrogens is 106 g/mol. The molecule has 1 heterocycles. The summed E-state index contributed by atoms with van der Waals surface area (Å²) >= 11 is 0. The summed E-state index contributed by atoms with van der Waals surface area (Å²) in [6, 6.07) is 0. The summed E-state index contributed by atoms with van der Waals surface area (Å²) in [6.07, 6.45) is 1.29. The van der Waals surface area contributed by atoms with Gasteiger partial charge in [0.15, 0.2) is 0 Å². The van der Waals surface area contributed by atoms with Gasteiger partial charge in [-0.1, -0.05) is 0 Å². The number of hydrogen-bond acceptors (Lipinski definition) is 3. The lowest BCUT2D eigenvalue weighted by molar-refractivity contribution is -0.0154. The van der Waals surface area contributed by atoms with E-state index in [1.54, 1.807) is 7.05 Å². The lowest BCUT2D eigenvalue weighted by atomic mass is 10.3. The average Bonchev–Trinajstić information content (AvgIpc) is 2.19. The Kier molecular flexibility index (Phi) is 2.27. The second-order valence-corrected chi connectivity index (χ2v) is 1.81. The van der Waals surface area contributed by atoms with Crippen molar-refractivity contribution in [2.24, 2.45) is 0 Å². The zero-order valence-corrected chi connectivity index (χ0v) is 5.02. The van der Waals surface area contributed by atoms with Crippen molar-refractivity contribution in [3.63, 3.8) is 0 Å². The van der Waals surface area contributed by atoms with Gasteiger partial charge >= 0.3 is 0 Å². The molecule has 1 atom stereocenters. The molecule has 0 aromatic carbocycles. The minimum Gasteiger partial charge on any atom is -0.379 e. The Bertz CT molecular complexity index is 61.4. The van der Waals surface area contributed by atoms with Crippen LogP contribution in [-0.2, 0) is 9.57 Å². The molecule has 0 unspecified atom stereocenters. The van der Waals surface area contributed by atoms with E-state index in [2.05, 4.69) is 5.48 Å². The molecule has 1 N–H and O–H groups in total. The van der Waals surface area contributed by atoms with Crippen LogP contribution in [0.4, 0.5) is 0 Å². The first kappa shape index (κ1) is 6.01. The number of nitrogens with one attached hydrogen (secondary N) is 1. The maximum Gasteiger partial charge on any atom is 0.104 e. The molecule has 0 aromatic rings. The van der Waals surface area contributed by atoms with Crippen molar-refractivity contribution >= 4 is 0 Å². The zero-order chi connectivity index (χ0) is 5.82. The van der Waals surface area contributed by atoms with Crippen LogP contribution < -0.4 is 5.48 Å². The summed E-state index contributed by atoms with van der Waals surface area (Å²) in [5, 5.41) is 0. The first-order valence-corrected chi connectivity index (χ1v) is 2.83. The van der Waals surface area contributed by atoms with E-state index < -0.39 is 0 Å². The maximum absolute atomic E-state index is 5.04. The van der Waals surface area contributed by atoms with Crippen molar-refractivity contribution < 1.29 is 9.57 Å². The zero-order valence-electron chi connectivity index (χ0n) is 5.02. The number of hydrogen-bond donors (Lipinski definition) is 1. The van der Waals surface area contributed by atoms with E-state index >= 15 is 0 Å². The van der Waals surface area contributed by atoms with Gasteiger partial charge in [0.25, 0.3) is 0 Å². The van der Waals surface area contributed by atoms with Crippen LogP contribution in [0, 0.1) is 0 Å². The predicted molar refractivity (Wildman–Crippen MR) is 29.4 cm³/mol. The second-order valence-electron chi connectivity index (χ2n) is 1.81. The Morgan fingerprint density at radius 1 is 1.75 bits per heavy atom. The van der Waals surface area contributed by atoms with Gasteiger partial charge in [-0.25, -0.2) is 5.48 Å². The topological polar surface area (TPSA) is 30.5 Å². The molecule has 1 rings (SSSR count). The fraction of sp³-hybridized carbons (Fsp3) is 1.00. The molecule has 48 valence electrons. The summed E-state index contributed by atoms with van der Waals surface area (Å²) in [5.41, 5.74) is 2.63. The average molecular weight is 117 g/mol. The highest BCUT2D eigenvalue weighted by Crippen LogP contribution is 2.05. The lowest BCUT2D eigenvalue weighted by Gasteiger charge is -2.04. The van der Waals surface area contributed by atoms with Crippen molar-refractivity contribution in [3.05, 3.63) is 0 Å². The van der Waals surface area contributed by atoms with Gasteiger partial charge in [-0.3, -0.25) is 4.84 Å². The molecule has 0 spiro atoms. The van der Waals surface area contributed by atoms with Crippen LogP contribution in [0.1, 0.15) is 6.42 Å². The van der Waals surface area contributed by atoms with Crippen molar-refractivity contribution in [3.8, 4) is 0 Å². The fourth-order valence-electron chi connectivity index (χ4n) is 0.773. The minimum absolute atomic E-state index is 0.278. The van der Waals surface area contributed by atoms with E-state index in [0.717, 1.165) is 19.6 Å².